The molecule has 0 fully saturated rings. The lowest BCUT2D eigenvalue weighted by Gasteiger charge is -2.23. The number of esters is 1. The van der Waals surface area contributed by atoms with Gasteiger partial charge >= 0.3 is 5.97 Å². The normalized spacial score (nSPS) is 15.5. The van der Waals surface area contributed by atoms with Crippen molar-refractivity contribution in [2.75, 3.05) is 50.8 Å². The van der Waals surface area contributed by atoms with Crippen LogP contribution in [0.15, 0.2) is 65.7 Å². The van der Waals surface area contributed by atoms with Crippen LogP contribution < -0.4 is 19.7 Å². The molecule has 0 radical (unpaired) electrons. The maximum absolute atomic E-state index is 13.4. The third kappa shape index (κ3) is 5.92. The molecule has 0 aromatic heterocycles. The fourth-order valence-electron chi connectivity index (χ4n) is 4.84. The number of ether oxygens (including phenoxy) is 3. The zero-order valence-corrected chi connectivity index (χ0v) is 23.5. The molecule has 2 heterocycles. The summed E-state index contributed by atoms with van der Waals surface area (Å²) in [6.45, 7) is 4.94. The Morgan fingerprint density at radius 2 is 1.71 bits per heavy atom. The molecule has 1 atom stereocenters. The Kier molecular flexibility index (Phi) is 8.02. The van der Waals surface area contributed by atoms with E-state index in [1.165, 1.54) is 0 Å². The highest BCUT2D eigenvalue weighted by molar-refractivity contribution is 6.24. The number of carbonyl (C=O) groups is 3. The molecule has 1 N–H and O–H groups in total. The van der Waals surface area contributed by atoms with Crippen molar-refractivity contribution in [2.45, 2.75) is 19.8 Å². The molecule has 0 spiro atoms. The highest BCUT2D eigenvalue weighted by atomic mass is 16.7. The summed E-state index contributed by atoms with van der Waals surface area (Å²) < 4.78 is 16.2. The third-order valence-electron chi connectivity index (χ3n) is 6.90. The second-order valence-electron chi connectivity index (χ2n) is 10.0. The smallest absolute Gasteiger partial charge is 0.338 e. The summed E-state index contributed by atoms with van der Waals surface area (Å²) in [6, 6.07) is 17.8. The van der Waals surface area contributed by atoms with Crippen LogP contribution in [0.4, 0.5) is 17.1 Å². The van der Waals surface area contributed by atoms with Crippen LogP contribution in [0.5, 0.6) is 11.5 Å². The zero-order valence-electron chi connectivity index (χ0n) is 23.5. The predicted octanol–water partition coefficient (Wildman–Crippen LogP) is 4.36. The summed E-state index contributed by atoms with van der Waals surface area (Å²) in [5.41, 5.74) is 4.16. The van der Waals surface area contributed by atoms with Crippen molar-refractivity contribution in [3.8, 4) is 11.5 Å². The molecule has 0 aliphatic carbocycles. The van der Waals surface area contributed by atoms with Gasteiger partial charge in [0, 0.05) is 37.0 Å². The minimum atomic E-state index is -0.741. The molecule has 41 heavy (non-hydrogen) atoms. The highest BCUT2D eigenvalue weighted by Gasteiger charge is 2.36. The van der Waals surface area contributed by atoms with Gasteiger partial charge in [-0.3, -0.25) is 14.6 Å². The first-order chi connectivity index (χ1) is 19.7. The molecule has 3 aromatic carbocycles. The number of nitrogens with zero attached hydrogens (tertiary/aromatic N) is 3. The summed E-state index contributed by atoms with van der Waals surface area (Å²) >= 11 is 0. The summed E-state index contributed by atoms with van der Waals surface area (Å²) in [4.78, 5) is 46.7. The lowest BCUT2D eigenvalue weighted by atomic mass is 9.90. The molecule has 212 valence electrons. The zero-order chi connectivity index (χ0) is 29.1. The molecule has 2 aliphatic heterocycles. The standard InChI is InChI=1S/C31H32N4O6/c1-5-39-31(38)21-6-12-24-25(16-21)33-30(37)28(24)29(20-7-13-26-27(17-20)41-18-40-26)32-22-8-10-23(11-9-22)35(19(2)36)15-14-34(3)4/h6-13,16-17,28H,5,14-15,18H2,1-4H3,(H,33,37). The van der Waals surface area contributed by atoms with Crippen molar-refractivity contribution in [3.05, 3.63) is 77.4 Å². The first-order valence-corrected chi connectivity index (χ1v) is 13.4. The molecule has 10 nitrogen and oxygen atoms in total. The van der Waals surface area contributed by atoms with Crippen molar-refractivity contribution >= 4 is 40.6 Å². The summed E-state index contributed by atoms with van der Waals surface area (Å²) in [5, 5.41) is 2.90. The van der Waals surface area contributed by atoms with Gasteiger partial charge in [0.1, 0.15) is 5.92 Å². The number of likely N-dealkylation sites (N-methyl/N-ethyl adjacent to an activating group) is 1. The van der Waals surface area contributed by atoms with Crippen LogP contribution in [-0.2, 0) is 14.3 Å². The maximum Gasteiger partial charge on any atom is 0.338 e. The molecule has 5 rings (SSSR count). The Morgan fingerprint density at radius 1 is 0.976 bits per heavy atom. The molecule has 2 amide bonds. The summed E-state index contributed by atoms with van der Waals surface area (Å²) in [7, 11) is 3.92. The number of hydrogen-bond acceptors (Lipinski definition) is 8. The van der Waals surface area contributed by atoms with Crippen LogP contribution in [0, 0.1) is 0 Å². The van der Waals surface area contributed by atoms with Crippen LogP contribution in [-0.4, -0.2) is 69.0 Å². The van der Waals surface area contributed by atoms with E-state index in [1.54, 1.807) is 43.0 Å². The molecule has 2 aliphatic rings. The SMILES string of the molecule is CCOC(=O)c1ccc2c(c1)NC(=O)C2C(=Nc1ccc(N(CCN(C)C)C(C)=O)cc1)c1ccc2c(c1)OCO2. The number of aliphatic imine (C=N–C) groups is 1. The molecular weight excluding hydrogens is 524 g/mol. The van der Waals surface area contributed by atoms with Gasteiger partial charge < -0.3 is 29.3 Å². The summed E-state index contributed by atoms with van der Waals surface area (Å²) in [6.07, 6.45) is 0. The van der Waals surface area contributed by atoms with Crippen molar-refractivity contribution < 1.29 is 28.6 Å². The summed E-state index contributed by atoms with van der Waals surface area (Å²) in [5.74, 6) is -0.321. The fraction of sp³-hybridized carbons (Fsp3) is 0.290. The Bertz CT molecular complexity index is 1520. The van der Waals surface area contributed by atoms with Gasteiger partial charge in [-0.05, 0) is 81.2 Å². The number of rotatable bonds is 9. The van der Waals surface area contributed by atoms with Crippen molar-refractivity contribution in [1.29, 1.82) is 0 Å². The van der Waals surface area contributed by atoms with Crippen LogP contribution in [0.2, 0.25) is 0 Å². The fourth-order valence-corrected chi connectivity index (χ4v) is 4.84. The number of nitrogens with one attached hydrogen (secondary N) is 1. The van der Waals surface area contributed by atoms with E-state index in [1.807, 2.05) is 55.4 Å². The number of benzene rings is 3. The molecule has 0 saturated carbocycles. The monoisotopic (exact) mass is 556 g/mol. The van der Waals surface area contributed by atoms with E-state index in [0.29, 0.717) is 51.8 Å². The van der Waals surface area contributed by atoms with Gasteiger partial charge in [-0.25, -0.2) is 4.79 Å². The number of fused-ring (bicyclic) bond motifs is 2. The second kappa shape index (κ2) is 11.8. The number of carbonyl (C=O) groups excluding carboxylic acids is 3. The molecule has 10 heteroatoms. The number of hydrogen-bond donors (Lipinski definition) is 1. The van der Waals surface area contributed by atoms with Gasteiger partial charge in [-0.15, -0.1) is 0 Å². The van der Waals surface area contributed by atoms with Crippen LogP contribution in [0.25, 0.3) is 0 Å². The van der Waals surface area contributed by atoms with E-state index < -0.39 is 11.9 Å². The van der Waals surface area contributed by atoms with E-state index in [4.69, 9.17) is 19.2 Å². The molecular formula is C31H32N4O6. The van der Waals surface area contributed by atoms with Crippen molar-refractivity contribution in [2.24, 2.45) is 4.99 Å². The average molecular weight is 557 g/mol. The van der Waals surface area contributed by atoms with Crippen LogP contribution in [0.1, 0.15) is 41.3 Å². The average Bonchev–Trinajstić information content (AvgIpc) is 3.55. The Balaban J connectivity index is 1.54. The first kappa shape index (κ1) is 27.9. The largest absolute Gasteiger partial charge is 0.462 e. The Hall–Kier alpha value is -4.70. The minimum absolute atomic E-state index is 0.0504. The van der Waals surface area contributed by atoms with Crippen LogP contribution >= 0.6 is 0 Å². The van der Waals surface area contributed by atoms with Crippen LogP contribution in [0.3, 0.4) is 0 Å². The van der Waals surface area contributed by atoms with Gasteiger partial charge in [0.15, 0.2) is 11.5 Å². The Morgan fingerprint density at radius 3 is 2.41 bits per heavy atom. The van der Waals surface area contributed by atoms with E-state index in [0.717, 1.165) is 12.2 Å². The van der Waals surface area contributed by atoms with Gasteiger partial charge in [-0.2, -0.15) is 0 Å². The minimum Gasteiger partial charge on any atom is -0.462 e. The predicted molar refractivity (Wildman–Crippen MR) is 156 cm³/mol. The van der Waals surface area contributed by atoms with E-state index in [9.17, 15) is 14.4 Å². The topological polar surface area (TPSA) is 110 Å². The van der Waals surface area contributed by atoms with Gasteiger partial charge in [-0.1, -0.05) is 6.07 Å². The maximum atomic E-state index is 13.4. The van der Waals surface area contributed by atoms with Gasteiger partial charge in [0.25, 0.3) is 0 Å². The number of amides is 2. The van der Waals surface area contributed by atoms with Crippen molar-refractivity contribution in [1.82, 2.24) is 4.90 Å². The number of anilines is 2. The third-order valence-corrected chi connectivity index (χ3v) is 6.90. The molecule has 1 unspecified atom stereocenters. The highest BCUT2D eigenvalue weighted by Crippen LogP contribution is 2.39. The van der Waals surface area contributed by atoms with E-state index >= 15 is 0 Å². The van der Waals surface area contributed by atoms with E-state index in [-0.39, 0.29) is 25.2 Å². The molecule has 0 bridgehead atoms. The van der Waals surface area contributed by atoms with Gasteiger partial charge in [0.05, 0.1) is 23.6 Å². The van der Waals surface area contributed by atoms with Gasteiger partial charge in [0.2, 0.25) is 18.6 Å². The quantitative estimate of drug-likeness (QED) is 0.308. The lowest BCUT2D eigenvalue weighted by molar-refractivity contribution is -0.117. The second-order valence-corrected chi connectivity index (χ2v) is 10.0. The van der Waals surface area contributed by atoms with E-state index in [2.05, 4.69) is 5.32 Å². The molecule has 0 saturated heterocycles. The first-order valence-electron chi connectivity index (χ1n) is 13.4. The molecule has 3 aromatic rings. The lowest BCUT2D eigenvalue weighted by Crippen LogP contribution is -2.35. The Labute approximate surface area is 238 Å². The van der Waals surface area contributed by atoms with Crippen molar-refractivity contribution in [3.63, 3.8) is 0 Å².